The Morgan fingerprint density at radius 2 is 1.62 bits per heavy atom. The van der Waals surface area contributed by atoms with E-state index in [1.807, 2.05) is 0 Å². The highest BCUT2D eigenvalue weighted by atomic mass is 16.3. The zero-order valence-electron chi connectivity index (χ0n) is 7.98. The van der Waals surface area contributed by atoms with Gasteiger partial charge in [0.1, 0.15) is 0 Å². The van der Waals surface area contributed by atoms with Gasteiger partial charge in [-0.05, 0) is 67.1 Å². The van der Waals surface area contributed by atoms with Gasteiger partial charge in [0, 0.05) is 0 Å². The molecule has 5 saturated carbocycles. The Bertz CT molecular complexity index is 315. The number of aliphatic hydroxyl groups is 1. The summed E-state index contributed by atoms with van der Waals surface area (Å²) >= 11 is 0. The maximum absolute atomic E-state index is 10.6. The average molecular weight is 176 g/mol. The second-order valence-electron chi connectivity index (χ2n) is 6.56. The first kappa shape index (κ1) is 6.44. The fourth-order valence-corrected chi connectivity index (χ4v) is 6.97. The second kappa shape index (κ2) is 1.41. The van der Waals surface area contributed by atoms with Crippen LogP contribution in [0.2, 0.25) is 0 Å². The van der Waals surface area contributed by atoms with Crippen molar-refractivity contribution in [3.05, 3.63) is 0 Å². The van der Waals surface area contributed by atoms with Crippen molar-refractivity contribution >= 4 is 0 Å². The van der Waals surface area contributed by atoms with Crippen LogP contribution in [0, 0.1) is 47.3 Å². The lowest BCUT2D eigenvalue weighted by molar-refractivity contribution is -0.118. The normalized spacial score (nSPS) is 85.4. The molecule has 0 heterocycles. The highest BCUT2D eigenvalue weighted by Crippen LogP contribution is 2.85. The minimum absolute atomic E-state index is 0.245. The first-order valence-electron chi connectivity index (χ1n) is 5.93. The zero-order chi connectivity index (χ0) is 8.53. The van der Waals surface area contributed by atoms with Crippen LogP contribution < -0.4 is 0 Å². The molecule has 0 aromatic rings. The molecule has 0 saturated heterocycles. The van der Waals surface area contributed by atoms with Crippen LogP contribution in [0.1, 0.15) is 19.8 Å². The lowest BCUT2D eigenvalue weighted by Crippen LogP contribution is -2.52. The van der Waals surface area contributed by atoms with Crippen molar-refractivity contribution in [3.8, 4) is 0 Å². The summed E-state index contributed by atoms with van der Waals surface area (Å²) in [5, 5.41) is 10.6. The molecule has 70 valence electrons. The molecule has 0 radical (unpaired) electrons. The quantitative estimate of drug-likeness (QED) is 0.593. The molecule has 0 aromatic heterocycles. The van der Waals surface area contributed by atoms with Gasteiger partial charge in [0.05, 0.1) is 5.60 Å². The topological polar surface area (TPSA) is 20.2 Å². The monoisotopic (exact) mass is 176 g/mol. The van der Waals surface area contributed by atoms with E-state index in [4.69, 9.17) is 0 Å². The minimum atomic E-state index is -0.245. The van der Waals surface area contributed by atoms with Gasteiger partial charge in [0.2, 0.25) is 0 Å². The second-order valence-corrected chi connectivity index (χ2v) is 6.56. The van der Waals surface area contributed by atoms with Gasteiger partial charge in [-0.3, -0.25) is 0 Å². The Morgan fingerprint density at radius 3 is 2.46 bits per heavy atom. The first-order chi connectivity index (χ1) is 6.21. The summed E-state index contributed by atoms with van der Waals surface area (Å²) in [7, 11) is 0. The summed E-state index contributed by atoms with van der Waals surface area (Å²) in [6.07, 6.45) is 2.99. The highest BCUT2D eigenvalue weighted by Gasteiger charge is 2.83. The van der Waals surface area contributed by atoms with E-state index in [9.17, 15) is 5.11 Å². The minimum Gasteiger partial charge on any atom is -0.390 e. The van der Waals surface area contributed by atoms with E-state index in [0.29, 0.717) is 0 Å². The van der Waals surface area contributed by atoms with Gasteiger partial charge in [0.15, 0.2) is 0 Å². The summed E-state index contributed by atoms with van der Waals surface area (Å²) in [6, 6.07) is 0. The molecule has 9 atom stereocenters. The van der Waals surface area contributed by atoms with Crippen LogP contribution in [-0.4, -0.2) is 10.7 Å². The molecule has 2 bridgehead atoms. The Morgan fingerprint density at radius 1 is 0.923 bits per heavy atom. The fourth-order valence-electron chi connectivity index (χ4n) is 6.97. The lowest BCUT2D eigenvalue weighted by atomic mass is 9.56. The molecular formula is C12H16O. The summed E-state index contributed by atoms with van der Waals surface area (Å²) in [5.74, 6) is 7.45. The van der Waals surface area contributed by atoms with Crippen LogP contribution in [-0.2, 0) is 0 Å². The maximum Gasteiger partial charge on any atom is 0.0686 e. The molecule has 0 aliphatic heterocycles. The van der Waals surface area contributed by atoms with Crippen LogP contribution in [0.25, 0.3) is 0 Å². The first-order valence-corrected chi connectivity index (χ1v) is 5.93. The zero-order valence-corrected chi connectivity index (χ0v) is 7.98. The largest absolute Gasteiger partial charge is 0.390 e. The summed E-state index contributed by atoms with van der Waals surface area (Å²) in [5.41, 5.74) is -0.245. The van der Waals surface area contributed by atoms with Crippen molar-refractivity contribution in [2.75, 3.05) is 0 Å². The van der Waals surface area contributed by atoms with Gasteiger partial charge in [-0.15, -0.1) is 0 Å². The molecule has 1 N–H and O–H groups in total. The third-order valence-corrected chi connectivity index (χ3v) is 6.71. The van der Waals surface area contributed by atoms with Crippen molar-refractivity contribution in [3.63, 3.8) is 0 Å². The van der Waals surface area contributed by atoms with Gasteiger partial charge in [-0.25, -0.2) is 0 Å². The molecule has 5 aliphatic carbocycles. The predicted molar refractivity (Wildman–Crippen MR) is 47.8 cm³/mol. The molecule has 5 rings (SSSR count). The van der Waals surface area contributed by atoms with Crippen LogP contribution in [0.3, 0.4) is 0 Å². The smallest absolute Gasteiger partial charge is 0.0686 e. The molecule has 1 nitrogen and oxygen atoms in total. The summed E-state index contributed by atoms with van der Waals surface area (Å²) in [6.45, 7) is 2.15. The molecule has 0 amide bonds. The molecule has 0 spiro atoms. The van der Waals surface area contributed by atoms with Crippen molar-refractivity contribution in [2.45, 2.75) is 25.4 Å². The number of hydrogen-bond donors (Lipinski definition) is 1. The van der Waals surface area contributed by atoms with Crippen molar-refractivity contribution in [2.24, 2.45) is 47.3 Å². The third-order valence-electron chi connectivity index (χ3n) is 6.71. The van der Waals surface area contributed by atoms with E-state index in [-0.39, 0.29) is 5.60 Å². The number of hydrogen-bond acceptors (Lipinski definition) is 1. The molecule has 5 fully saturated rings. The van der Waals surface area contributed by atoms with E-state index in [2.05, 4.69) is 6.92 Å². The van der Waals surface area contributed by atoms with E-state index < -0.39 is 0 Å². The van der Waals surface area contributed by atoms with Gasteiger partial charge in [-0.1, -0.05) is 0 Å². The molecule has 0 aromatic carbocycles. The van der Waals surface area contributed by atoms with Crippen molar-refractivity contribution in [1.82, 2.24) is 0 Å². The molecule has 1 heteroatoms. The van der Waals surface area contributed by atoms with Gasteiger partial charge < -0.3 is 5.11 Å². The molecule has 5 aliphatic rings. The van der Waals surface area contributed by atoms with Gasteiger partial charge in [-0.2, -0.15) is 0 Å². The van der Waals surface area contributed by atoms with E-state index in [1.165, 1.54) is 12.8 Å². The lowest BCUT2D eigenvalue weighted by Gasteiger charge is -2.50. The van der Waals surface area contributed by atoms with Crippen LogP contribution in [0.5, 0.6) is 0 Å². The van der Waals surface area contributed by atoms with E-state index in [0.717, 1.165) is 47.3 Å². The van der Waals surface area contributed by atoms with Crippen molar-refractivity contribution < 1.29 is 5.11 Å². The predicted octanol–water partition coefficient (Wildman–Crippen LogP) is 1.52. The standard InChI is InChI=1S/C12H16O/c1-12(13)10-5-3-6-8-4(5)2-7(10)9(8)11(6)12/h4-11,13H,2-3H2,1H3. The Kier molecular flexibility index (Phi) is 0.697. The average Bonchev–Trinajstić information content (AvgIpc) is 2.44. The van der Waals surface area contributed by atoms with Crippen molar-refractivity contribution in [1.29, 1.82) is 0 Å². The Labute approximate surface area is 78.5 Å². The summed E-state index contributed by atoms with van der Waals surface area (Å²) in [4.78, 5) is 0. The molecular weight excluding hydrogens is 160 g/mol. The van der Waals surface area contributed by atoms with Crippen LogP contribution in [0.4, 0.5) is 0 Å². The van der Waals surface area contributed by atoms with Gasteiger partial charge in [0.25, 0.3) is 0 Å². The van der Waals surface area contributed by atoms with E-state index in [1.54, 1.807) is 0 Å². The Balaban J connectivity index is 1.85. The maximum atomic E-state index is 10.6. The Hall–Kier alpha value is -0.0400. The van der Waals surface area contributed by atoms with Crippen LogP contribution >= 0.6 is 0 Å². The number of fused-ring (bicyclic) bond motifs is 2. The van der Waals surface area contributed by atoms with Crippen LogP contribution in [0.15, 0.2) is 0 Å². The molecule has 13 heavy (non-hydrogen) atoms. The highest BCUT2D eigenvalue weighted by molar-refractivity contribution is 5.31. The fraction of sp³-hybridized carbons (Fsp3) is 1.00. The third kappa shape index (κ3) is 0.379. The van der Waals surface area contributed by atoms with E-state index >= 15 is 0 Å². The van der Waals surface area contributed by atoms with Gasteiger partial charge >= 0.3 is 0 Å². The number of rotatable bonds is 0. The summed E-state index contributed by atoms with van der Waals surface area (Å²) < 4.78 is 0. The molecule has 9 unspecified atom stereocenters. The SMILES string of the molecule is CC1(O)C2C3CC4C5C3CC2C5C41.